The van der Waals surface area contributed by atoms with Crippen LogP contribution in [0.5, 0.6) is 0 Å². The largest absolute Gasteiger partial charge is 0.354 e. The van der Waals surface area contributed by atoms with E-state index in [2.05, 4.69) is 25.2 Å². The summed E-state index contributed by atoms with van der Waals surface area (Å²) in [5, 5.41) is 3.02. The van der Waals surface area contributed by atoms with E-state index in [1.165, 1.54) is 0 Å². The molecule has 2 saturated heterocycles. The molecule has 2 amide bonds. The highest BCUT2D eigenvalue weighted by Gasteiger charge is 2.42. The van der Waals surface area contributed by atoms with Crippen LogP contribution in [0, 0.1) is 18.8 Å². The lowest BCUT2D eigenvalue weighted by Crippen LogP contribution is -2.36. The zero-order chi connectivity index (χ0) is 19.3. The van der Waals surface area contributed by atoms with E-state index in [0.717, 1.165) is 54.4 Å². The van der Waals surface area contributed by atoms with E-state index in [4.69, 9.17) is 0 Å². The maximum atomic E-state index is 12.7. The number of imidazole rings is 1. The van der Waals surface area contributed by atoms with Crippen molar-refractivity contribution in [1.82, 2.24) is 24.4 Å². The molecule has 0 bridgehead atoms. The van der Waals surface area contributed by atoms with Crippen molar-refractivity contribution < 1.29 is 4.79 Å². The van der Waals surface area contributed by atoms with Crippen molar-refractivity contribution >= 4 is 28.7 Å². The van der Waals surface area contributed by atoms with Gasteiger partial charge in [0.2, 0.25) is 0 Å². The van der Waals surface area contributed by atoms with Crippen LogP contribution in [0.25, 0.3) is 11.2 Å². The van der Waals surface area contributed by atoms with Crippen LogP contribution in [-0.2, 0) is 7.05 Å². The maximum Gasteiger partial charge on any atom is 0.321 e. The number of aryl methyl sites for hydroxylation is 2. The Kier molecular flexibility index (Phi) is 3.92. The summed E-state index contributed by atoms with van der Waals surface area (Å²) in [6.07, 6.45) is 3.38. The molecule has 0 aliphatic carbocycles. The number of nitrogens with one attached hydrogen (secondary N) is 1. The number of carbonyl (C=O) groups excluding carboxylic acids is 1. The quantitative estimate of drug-likeness (QED) is 0.741. The van der Waals surface area contributed by atoms with Crippen LogP contribution in [0.15, 0.2) is 36.9 Å². The van der Waals surface area contributed by atoms with Crippen molar-refractivity contribution in [2.24, 2.45) is 18.9 Å². The molecule has 2 aliphatic heterocycles. The Hall–Kier alpha value is -3.16. The van der Waals surface area contributed by atoms with Gasteiger partial charge in [-0.1, -0.05) is 12.1 Å². The molecule has 28 heavy (non-hydrogen) atoms. The molecule has 5 rings (SSSR count). The molecule has 3 aromatic rings. The SMILES string of the molecule is Cc1cccc(NC(=O)N2CC3CN(c4ncnc5c4ncn5C)CC3C2)c1. The average molecular weight is 377 g/mol. The summed E-state index contributed by atoms with van der Waals surface area (Å²) in [6.45, 7) is 5.35. The Morgan fingerprint density at radius 1 is 1.11 bits per heavy atom. The zero-order valence-electron chi connectivity index (χ0n) is 16.0. The van der Waals surface area contributed by atoms with E-state index in [1.54, 1.807) is 12.7 Å². The van der Waals surface area contributed by atoms with Crippen molar-refractivity contribution in [2.45, 2.75) is 6.92 Å². The lowest BCUT2D eigenvalue weighted by Gasteiger charge is -2.22. The number of amides is 2. The van der Waals surface area contributed by atoms with Crippen LogP contribution >= 0.6 is 0 Å². The van der Waals surface area contributed by atoms with Crippen LogP contribution in [0.3, 0.4) is 0 Å². The van der Waals surface area contributed by atoms with Crippen molar-refractivity contribution in [3.63, 3.8) is 0 Å². The second kappa shape index (κ2) is 6.47. The number of hydrogen-bond donors (Lipinski definition) is 1. The molecule has 144 valence electrons. The van der Waals surface area contributed by atoms with Gasteiger partial charge in [-0.25, -0.2) is 19.7 Å². The van der Waals surface area contributed by atoms with Crippen molar-refractivity contribution in [3.05, 3.63) is 42.5 Å². The number of aromatic nitrogens is 4. The van der Waals surface area contributed by atoms with Gasteiger partial charge in [-0.3, -0.25) is 0 Å². The summed E-state index contributed by atoms with van der Waals surface area (Å²) in [4.78, 5) is 30.2. The van der Waals surface area contributed by atoms with Gasteiger partial charge in [-0.15, -0.1) is 0 Å². The number of nitrogens with zero attached hydrogens (tertiary/aromatic N) is 6. The van der Waals surface area contributed by atoms with Crippen LogP contribution in [0.4, 0.5) is 16.3 Å². The second-order valence-electron chi connectivity index (χ2n) is 7.85. The predicted molar refractivity (Wildman–Crippen MR) is 107 cm³/mol. The van der Waals surface area contributed by atoms with Gasteiger partial charge in [0.1, 0.15) is 6.33 Å². The minimum absolute atomic E-state index is 0.0132. The molecule has 0 spiro atoms. The molecule has 0 saturated carbocycles. The van der Waals surface area contributed by atoms with Gasteiger partial charge in [0.15, 0.2) is 17.0 Å². The minimum atomic E-state index is -0.0132. The van der Waals surface area contributed by atoms with E-state index in [1.807, 2.05) is 47.7 Å². The highest BCUT2D eigenvalue weighted by Crippen LogP contribution is 2.35. The Labute approximate surface area is 163 Å². The number of benzene rings is 1. The van der Waals surface area contributed by atoms with E-state index < -0.39 is 0 Å². The van der Waals surface area contributed by atoms with Crippen LogP contribution in [-0.4, -0.2) is 56.6 Å². The van der Waals surface area contributed by atoms with Gasteiger partial charge in [-0.05, 0) is 24.6 Å². The Bertz CT molecular complexity index is 1030. The van der Waals surface area contributed by atoms with E-state index >= 15 is 0 Å². The van der Waals surface area contributed by atoms with Gasteiger partial charge in [0.05, 0.1) is 6.33 Å². The van der Waals surface area contributed by atoms with E-state index in [0.29, 0.717) is 11.8 Å². The van der Waals surface area contributed by atoms with Crippen molar-refractivity contribution in [2.75, 3.05) is 36.4 Å². The molecule has 4 heterocycles. The highest BCUT2D eigenvalue weighted by atomic mass is 16.2. The van der Waals surface area contributed by atoms with Crippen LogP contribution in [0.1, 0.15) is 5.56 Å². The molecule has 2 aliphatic rings. The third-order valence-electron chi connectivity index (χ3n) is 5.82. The third-order valence-corrected chi connectivity index (χ3v) is 5.82. The summed E-state index contributed by atoms with van der Waals surface area (Å²) in [6, 6.07) is 7.89. The fourth-order valence-corrected chi connectivity index (χ4v) is 4.42. The maximum absolute atomic E-state index is 12.7. The standard InChI is InChI=1S/C20H23N7O/c1-13-4-3-5-16(6-13)24-20(28)27-9-14-7-26(8-15(14)10-27)19-17-18(21-11-22-19)25(2)12-23-17/h3-6,11-12,14-15H,7-10H2,1-2H3,(H,24,28). The Morgan fingerprint density at radius 3 is 2.64 bits per heavy atom. The van der Waals surface area contributed by atoms with Gasteiger partial charge in [0.25, 0.3) is 0 Å². The molecule has 2 unspecified atom stereocenters. The van der Waals surface area contributed by atoms with E-state index in [-0.39, 0.29) is 6.03 Å². The molecule has 2 fully saturated rings. The molecule has 0 radical (unpaired) electrons. The molecule has 2 atom stereocenters. The lowest BCUT2D eigenvalue weighted by molar-refractivity contribution is 0.219. The first-order valence-corrected chi connectivity index (χ1v) is 9.58. The highest BCUT2D eigenvalue weighted by molar-refractivity contribution is 5.89. The Balaban J connectivity index is 1.27. The van der Waals surface area contributed by atoms with Crippen LogP contribution in [0.2, 0.25) is 0 Å². The minimum Gasteiger partial charge on any atom is -0.354 e. The number of rotatable bonds is 2. The number of anilines is 2. The van der Waals surface area contributed by atoms with Crippen LogP contribution < -0.4 is 10.2 Å². The number of likely N-dealkylation sites (tertiary alicyclic amines) is 1. The van der Waals surface area contributed by atoms with Gasteiger partial charge >= 0.3 is 6.03 Å². The summed E-state index contributed by atoms with van der Waals surface area (Å²) in [7, 11) is 1.94. The molecule has 1 N–H and O–H groups in total. The third kappa shape index (κ3) is 2.85. The molecule has 1 aromatic carbocycles. The Morgan fingerprint density at radius 2 is 1.89 bits per heavy atom. The predicted octanol–water partition coefficient (Wildman–Crippen LogP) is 2.27. The number of urea groups is 1. The van der Waals surface area contributed by atoms with Gasteiger partial charge < -0.3 is 19.7 Å². The number of hydrogen-bond acceptors (Lipinski definition) is 5. The first kappa shape index (κ1) is 17.0. The van der Waals surface area contributed by atoms with Gasteiger partial charge in [0, 0.05) is 50.7 Å². The summed E-state index contributed by atoms with van der Waals surface area (Å²) in [5.41, 5.74) is 3.68. The summed E-state index contributed by atoms with van der Waals surface area (Å²) < 4.78 is 1.91. The molecule has 8 nitrogen and oxygen atoms in total. The molecular weight excluding hydrogens is 354 g/mol. The fraction of sp³-hybridized carbons (Fsp3) is 0.400. The number of fused-ring (bicyclic) bond motifs is 2. The van der Waals surface area contributed by atoms with Crippen molar-refractivity contribution in [1.29, 1.82) is 0 Å². The second-order valence-corrected chi connectivity index (χ2v) is 7.85. The first-order valence-electron chi connectivity index (χ1n) is 9.58. The smallest absolute Gasteiger partial charge is 0.321 e. The molecule has 8 heteroatoms. The summed E-state index contributed by atoms with van der Waals surface area (Å²) in [5.74, 6) is 1.81. The lowest BCUT2D eigenvalue weighted by atomic mass is 10.0. The van der Waals surface area contributed by atoms with Crippen molar-refractivity contribution in [3.8, 4) is 0 Å². The average Bonchev–Trinajstić information content (AvgIpc) is 3.35. The number of carbonyl (C=O) groups is 1. The topological polar surface area (TPSA) is 79.2 Å². The fourth-order valence-electron chi connectivity index (χ4n) is 4.42. The first-order chi connectivity index (χ1) is 13.6. The summed E-state index contributed by atoms with van der Waals surface area (Å²) >= 11 is 0. The zero-order valence-corrected chi connectivity index (χ0v) is 16.0. The molecular formula is C20H23N7O. The van der Waals surface area contributed by atoms with Gasteiger partial charge in [-0.2, -0.15) is 0 Å². The molecule has 2 aromatic heterocycles. The monoisotopic (exact) mass is 377 g/mol. The van der Waals surface area contributed by atoms with E-state index in [9.17, 15) is 4.79 Å². The normalized spacial score (nSPS) is 21.4.